The van der Waals surface area contributed by atoms with Crippen molar-refractivity contribution in [2.45, 2.75) is 18.9 Å². The zero-order valence-corrected chi connectivity index (χ0v) is 12.4. The van der Waals surface area contributed by atoms with Gasteiger partial charge in [-0.25, -0.2) is 4.98 Å². The summed E-state index contributed by atoms with van der Waals surface area (Å²) in [4.78, 5) is 18.4. The molecule has 0 aliphatic carbocycles. The van der Waals surface area contributed by atoms with E-state index in [2.05, 4.69) is 10.3 Å². The fraction of sp³-hybridized carbons (Fsp3) is 0.571. The van der Waals surface area contributed by atoms with Gasteiger partial charge in [0.05, 0.1) is 11.6 Å². The second-order valence-electron chi connectivity index (χ2n) is 4.90. The molecule has 1 amide bonds. The van der Waals surface area contributed by atoms with E-state index in [0.717, 1.165) is 19.4 Å². The third-order valence-corrected chi connectivity index (χ3v) is 3.63. The smallest absolute Gasteiger partial charge is 0.272 e. The van der Waals surface area contributed by atoms with Crippen molar-refractivity contribution >= 4 is 17.5 Å². The number of halogens is 1. The van der Waals surface area contributed by atoms with Crippen LogP contribution in [0.25, 0.3) is 0 Å². The second-order valence-corrected chi connectivity index (χ2v) is 5.34. The lowest BCUT2D eigenvalue weighted by atomic mass is 10.2. The average molecular weight is 298 g/mol. The Morgan fingerprint density at radius 3 is 3.05 bits per heavy atom. The van der Waals surface area contributed by atoms with Crippen molar-refractivity contribution in [1.82, 2.24) is 15.2 Å². The number of carbonyl (C=O) groups excluding carboxylic acids is 1. The number of carbonyl (C=O) groups is 1. The van der Waals surface area contributed by atoms with Gasteiger partial charge in [-0.2, -0.15) is 0 Å². The minimum atomic E-state index is -0.0765. The zero-order valence-electron chi connectivity index (χ0n) is 11.6. The molecule has 1 unspecified atom stereocenters. The molecule has 1 aliphatic heterocycles. The fourth-order valence-electron chi connectivity index (χ4n) is 2.32. The van der Waals surface area contributed by atoms with Crippen molar-refractivity contribution in [3.63, 3.8) is 0 Å². The topological polar surface area (TPSA) is 54.5 Å². The highest BCUT2D eigenvalue weighted by Gasteiger charge is 2.22. The molecule has 5 nitrogen and oxygen atoms in total. The van der Waals surface area contributed by atoms with E-state index in [1.54, 1.807) is 24.1 Å². The lowest BCUT2D eigenvalue weighted by molar-refractivity contribution is 0.0673. The Morgan fingerprint density at radius 1 is 1.60 bits per heavy atom. The molecule has 2 rings (SSSR count). The Bertz CT molecular complexity index is 433. The van der Waals surface area contributed by atoms with Crippen LogP contribution in [0.5, 0.6) is 0 Å². The predicted octanol–water partition coefficient (Wildman–Crippen LogP) is 1.58. The standard InChI is InChI=1S/C14H20ClN3O2/c1-20-8-7-18(10-12-3-2-6-16-12)14(19)13-5-4-11(15)9-17-13/h4-5,9,12,16H,2-3,6-8,10H2,1H3. The monoisotopic (exact) mass is 297 g/mol. The quantitative estimate of drug-likeness (QED) is 0.866. The zero-order chi connectivity index (χ0) is 14.4. The van der Waals surface area contributed by atoms with Crippen LogP contribution in [0.4, 0.5) is 0 Å². The van der Waals surface area contributed by atoms with Crippen molar-refractivity contribution in [2.75, 3.05) is 33.4 Å². The highest BCUT2D eigenvalue weighted by molar-refractivity contribution is 6.30. The Morgan fingerprint density at radius 2 is 2.45 bits per heavy atom. The second kappa shape index (κ2) is 7.57. The van der Waals surface area contributed by atoms with Crippen LogP contribution in [0.1, 0.15) is 23.3 Å². The first-order valence-electron chi connectivity index (χ1n) is 6.84. The van der Waals surface area contributed by atoms with Gasteiger partial charge in [0, 0.05) is 32.4 Å². The highest BCUT2D eigenvalue weighted by atomic mass is 35.5. The Labute approximate surface area is 124 Å². The highest BCUT2D eigenvalue weighted by Crippen LogP contribution is 2.11. The summed E-state index contributed by atoms with van der Waals surface area (Å²) in [6, 6.07) is 3.71. The first-order chi connectivity index (χ1) is 9.70. The summed E-state index contributed by atoms with van der Waals surface area (Å²) in [5.41, 5.74) is 0.420. The van der Waals surface area contributed by atoms with Crippen LogP contribution in [-0.2, 0) is 4.74 Å². The van der Waals surface area contributed by atoms with Crippen LogP contribution in [0.15, 0.2) is 18.3 Å². The van der Waals surface area contributed by atoms with Crippen molar-refractivity contribution in [2.24, 2.45) is 0 Å². The molecular weight excluding hydrogens is 278 g/mol. The summed E-state index contributed by atoms with van der Waals surface area (Å²) in [6.45, 7) is 2.80. The molecule has 1 saturated heterocycles. The summed E-state index contributed by atoms with van der Waals surface area (Å²) in [5, 5.41) is 3.93. The molecule has 0 radical (unpaired) electrons. The van der Waals surface area contributed by atoms with Gasteiger partial charge in [0.15, 0.2) is 0 Å². The van der Waals surface area contributed by atoms with Crippen molar-refractivity contribution in [3.8, 4) is 0 Å². The number of hydrogen-bond acceptors (Lipinski definition) is 4. The number of aromatic nitrogens is 1. The Balaban J connectivity index is 2.03. The average Bonchev–Trinajstić information content (AvgIpc) is 2.96. The molecule has 1 aromatic rings. The van der Waals surface area contributed by atoms with Crippen molar-refractivity contribution in [1.29, 1.82) is 0 Å². The van der Waals surface area contributed by atoms with E-state index in [9.17, 15) is 4.79 Å². The summed E-state index contributed by atoms with van der Waals surface area (Å²) in [5.74, 6) is -0.0765. The van der Waals surface area contributed by atoms with Gasteiger partial charge >= 0.3 is 0 Å². The summed E-state index contributed by atoms with van der Waals surface area (Å²) in [6.07, 6.45) is 3.76. The number of rotatable bonds is 6. The number of amides is 1. The van der Waals surface area contributed by atoms with Crippen molar-refractivity contribution in [3.05, 3.63) is 29.0 Å². The minimum absolute atomic E-state index is 0.0765. The van der Waals surface area contributed by atoms with Crippen LogP contribution in [-0.4, -0.2) is 55.2 Å². The van der Waals surface area contributed by atoms with Crippen LogP contribution < -0.4 is 5.32 Å². The molecule has 6 heteroatoms. The molecule has 20 heavy (non-hydrogen) atoms. The van der Waals surface area contributed by atoms with Gasteiger partial charge in [-0.05, 0) is 31.5 Å². The number of ether oxygens (including phenoxy) is 1. The van der Waals surface area contributed by atoms with E-state index in [0.29, 0.717) is 36.5 Å². The molecular formula is C14H20ClN3O2. The van der Waals surface area contributed by atoms with E-state index in [-0.39, 0.29) is 5.91 Å². The number of hydrogen-bond donors (Lipinski definition) is 1. The van der Waals surface area contributed by atoms with Gasteiger partial charge in [-0.3, -0.25) is 4.79 Å². The van der Waals surface area contributed by atoms with E-state index >= 15 is 0 Å². The number of nitrogens with zero attached hydrogens (tertiary/aromatic N) is 2. The molecule has 0 aromatic carbocycles. The van der Waals surface area contributed by atoms with E-state index < -0.39 is 0 Å². The van der Waals surface area contributed by atoms with Crippen molar-refractivity contribution < 1.29 is 9.53 Å². The molecule has 1 atom stereocenters. The SMILES string of the molecule is COCCN(CC1CCCN1)C(=O)c1ccc(Cl)cn1. The fourth-order valence-corrected chi connectivity index (χ4v) is 2.43. The first-order valence-corrected chi connectivity index (χ1v) is 7.21. The first kappa shape index (κ1) is 15.2. The molecule has 0 spiro atoms. The largest absolute Gasteiger partial charge is 0.383 e. The molecule has 1 fully saturated rings. The van der Waals surface area contributed by atoms with Crippen LogP contribution in [0, 0.1) is 0 Å². The molecule has 1 aromatic heterocycles. The summed E-state index contributed by atoms with van der Waals surface area (Å²) in [7, 11) is 1.64. The summed E-state index contributed by atoms with van der Waals surface area (Å²) < 4.78 is 5.09. The Hall–Kier alpha value is -1.17. The normalized spacial score (nSPS) is 18.2. The maximum atomic E-state index is 12.5. The summed E-state index contributed by atoms with van der Waals surface area (Å²) >= 11 is 5.80. The van der Waals surface area contributed by atoms with E-state index in [1.807, 2.05) is 0 Å². The molecule has 0 saturated carbocycles. The number of nitrogens with one attached hydrogen (secondary N) is 1. The molecule has 1 N–H and O–H groups in total. The molecule has 110 valence electrons. The minimum Gasteiger partial charge on any atom is -0.383 e. The van der Waals surface area contributed by atoms with Gasteiger partial charge in [-0.1, -0.05) is 11.6 Å². The lowest BCUT2D eigenvalue weighted by Crippen LogP contribution is -2.42. The maximum absolute atomic E-state index is 12.5. The van der Waals surface area contributed by atoms with E-state index in [4.69, 9.17) is 16.3 Å². The molecule has 2 heterocycles. The van der Waals surface area contributed by atoms with Gasteiger partial charge in [0.2, 0.25) is 0 Å². The van der Waals surface area contributed by atoms with Crippen LogP contribution in [0.2, 0.25) is 5.02 Å². The molecule has 1 aliphatic rings. The van der Waals surface area contributed by atoms with Gasteiger partial charge in [0.1, 0.15) is 5.69 Å². The van der Waals surface area contributed by atoms with Gasteiger partial charge in [-0.15, -0.1) is 0 Å². The number of pyridine rings is 1. The Kier molecular flexibility index (Phi) is 5.76. The van der Waals surface area contributed by atoms with Crippen LogP contribution >= 0.6 is 11.6 Å². The number of methoxy groups -OCH3 is 1. The van der Waals surface area contributed by atoms with Crippen LogP contribution in [0.3, 0.4) is 0 Å². The lowest BCUT2D eigenvalue weighted by Gasteiger charge is -2.25. The third kappa shape index (κ3) is 4.16. The van der Waals surface area contributed by atoms with Gasteiger partial charge in [0.25, 0.3) is 5.91 Å². The maximum Gasteiger partial charge on any atom is 0.272 e. The molecule has 0 bridgehead atoms. The van der Waals surface area contributed by atoms with Gasteiger partial charge < -0.3 is 15.0 Å². The van der Waals surface area contributed by atoms with E-state index in [1.165, 1.54) is 6.20 Å². The predicted molar refractivity (Wildman–Crippen MR) is 78.1 cm³/mol. The third-order valence-electron chi connectivity index (χ3n) is 3.40.